The lowest BCUT2D eigenvalue weighted by Gasteiger charge is -2.31. The van der Waals surface area contributed by atoms with Crippen molar-refractivity contribution in [3.05, 3.63) is 82.2 Å². The number of ether oxygens (including phenoxy) is 2. The second kappa shape index (κ2) is 10.5. The number of benzene rings is 3. The first kappa shape index (κ1) is 26.6. The molecule has 0 bridgehead atoms. The number of carbonyl (C=O) groups is 1. The molecule has 0 spiro atoms. The van der Waals surface area contributed by atoms with E-state index in [9.17, 15) is 27.5 Å². The molecule has 1 fully saturated rings. The molecule has 0 unspecified atom stereocenters. The Morgan fingerprint density at radius 2 is 1.30 bits per heavy atom. The lowest BCUT2D eigenvalue weighted by atomic mass is 9.92. The van der Waals surface area contributed by atoms with E-state index in [2.05, 4.69) is 0 Å². The van der Waals surface area contributed by atoms with Crippen LogP contribution < -0.4 is 0 Å². The van der Waals surface area contributed by atoms with Crippen LogP contribution >= 0.6 is 0 Å². The van der Waals surface area contributed by atoms with Gasteiger partial charge in [0.15, 0.2) is 23.7 Å². The Bertz CT molecular complexity index is 1320. The predicted molar refractivity (Wildman–Crippen MR) is 117 cm³/mol. The van der Waals surface area contributed by atoms with Crippen LogP contribution in [0.3, 0.4) is 0 Å². The predicted octanol–water partition coefficient (Wildman–Crippen LogP) is 7.15. The lowest BCUT2D eigenvalue weighted by Crippen LogP contribution is -2.28. The van der Waals surface area contributed by atoms with E-state index in [-0.39, 0.29) is 24.7 Å². The first-order valence-corrected chi connectivity index (χ1v) is 11.2. The van der Waals surface area contributed by atoms with Crippen LogP contribution in [0.15, 0.2) is 30.3 Å². The summed E-state index contributed by atoms with van der Waals surface area (Å²) in [6, 6.07) is 2.56. The van der Waals surface area contributed by atoms with Crippen LogP contribution in [-0.2, 0) is 9.47 Å². The van der Waals surface area contributed by atoms with E-state index in [1.54, 1.807) is 0 Å². The number of rotatable bonds is 6. The van der Waals surface area contributed by atoms with Crippen LogP contribution in [0.1, 0.15) is 42.0 Å². The van der Waals surface area contributed by atoms with Gasteiger partial charge >= 0.3 is 5.97 Å². The van der Waals surface area contributed by atoms with Gasteiger partial charge in [-0.2, -0.15) is 0 Å². The van der Waals surface area contributed by atoms with Gasteiger partial charge in [0.25, 0.3) is 0 Å². The molecule has 0 amide bonds. The highest BCUT2D eigenvalue weighted by Crippen LogP contribution is 2.40. The molecular formula is C26H19F7O4. The monoisotopic (exact) mass is 528 g/mol. The minimum atomic E-state index is -1.97. The Morgan fingerprint density at radius 1 is 0.784 bits per heavy atom. The fourth-order valence-electron chi connectivity index (χ4n) is 4.30. The molecule has 1 N–H and O–H groups in total. The highest BCUT2D eigenvalue weighted by molar-refractivity contribution is 5.91. The highest BCUT2D eigenvalue weighted by Gasteiger charge is 2.32. The Labute approximate surface area is 206 Å². The fraction of sp³-hybridized carbons (Fsp3) is 0.269. The van der Waals surface area contributed by atoms with Gasteiger partial charge in [0.1, 0.15) is 28.8 Å². The van der Waals surface area contributed by atoms with Gasteiger partial charge < -0.3 is 14.6 Å². The number of aromatic carboxylic acids is 1. The number of carboxylic acids is 1. The topological polar surface area (TPSA) is 55.8 Å². The average Bonchev–Trinajstić information content (AvgIpc) is 2.82. The molecule has 3 aromatic rings. The molecule has 1 aliphatic rings. The summed E-state index contributed by atoms with van der Waals surface area (Å²) in [5, 5.41) is 9.30. The van der Waals surface area contributed by atoms with Gasteiger partial charge in [-0.1, -0.05) is 13.3 Å². The maximum Gasteiger partial charge on any atom is 0.341 e. The van der Waals surface area contributed by atoms with Crippen LogP contribution in [0.25, 0.3) is 22.3 Å². The molecule has 0 saturated carbocycles. The summed E-state index contributed by atoms with van der Waals surface area (Å²) in [4.78, 5) is 11.5. The van der Waals surface area contributed by atoms with Crippen molar-refractivity contribution < 1.29 is 50.1 Å². The average molecular weight is 528 g/mol. The van der Waals surface area contributed by atoms with Crippen molar-refractivity contribution in [1.29, 1.82) is 0 Å². The molecule has 1 aliphatic heterocycles. The van der Waals surface area contributed by atoms with Gasteiger partial charge in [-0.15, -0.1) is 0 Å². The zero-order chi connectivity index (χ0) is 27.0. The zero-order valence-corrected chi connectivity index (χ0v) is 19.2. The van der Waals surface area contributed by atoms with Gasteiger partial charge in [0, 0.05) is 17.0 Å². The third-order valence-electron chi connectivity index (χ3n) is 5.98. The van der Waals surface area contributed by atoms with Crippen molar-refractivity contribution in [3.63, 3.8) is 0 Å². The smallest absolute Gasteiger partial charge is 0.341 e. The first-order valence-electron chi connectivity index (χ1n) is 11.2. The quantitative estimate of drug-likeness (QED) is 0.273. The van der Waals surface area contributed by atoms with Crippen molar-refractivity contribution in [2.24, 2.45) is 5.92 Å². The van der Waals surface area contributed by atoms with Crippen LogP contribution in [0.4, 0.5) is 30.7 Å². The Morgan fingerprint density at radius 3 is 1.81 bits per heavy atom. The molecule has 4 nitrogen and oxygen atoms in total. The fourth-order valence-corrected chi connectivity index (χ4v) is 4.30. The molecule has 1 heterocycles. The summed E-state index contributed by atoms with van der Waals surface area (Å²) in [6.07, 6.45) is 0.209. The standard InChI is InChI=1S/C26H19F7O4/c1-2-3-11-9-36-26(37-10-11)14-8-17(29)22(25(34)35)24(33)20(14)12-4-15(27)21(16(28)5-12)13-6-18(30)23(32)19(31)7-13/h4-8,11,26H,2-3,9-10H2,1H3,(H,34,35). The highest BCUT2D eigenvalue weighted by atomic mass is 19.2. The number of carboxylic acid groups (broad SMARTS) is 1. The molecule has 0 aliphatic carbocycles. The minimum absolute atomic E-state index is 0.00311. The van der Waals surface area contributed by atoms with Crippen LogP contribution in [0.2, 0.25) is 0 Å². The molecule has 3 aromatic carbocycles. The largest absolute Gasteiger partial charge is 0.477 e. The second-order valence-electron chi connectivity index (χ2n) is 8.54. The summed E-state index contributed by atoms with van der Waals surface area (Å²) >= 11 is 0. The Kier molecular flexibility index (Phi) is 7.56. The number of halogens is 7. The van der Waals surface area contributed by atoms with Crippen molar-refractivity contribution in [2.75, 3.05) is 13.2 Å². The summed E-state index contributed by atoms with van der Waals surface area (Å²) in [7, 11) is 0. The van der Waals surface area contributed by atoms with Crippen molar-refractivity contribution in [3.8, 4) is 22.3 Å². The molecular weight excluding hydrogens is 509 g/mol. The normalized spacial score (nSPS) is 17.7. The van der Waals surface area contributed by atoms with E-state index in [0.717, 1.165) is 12.8 Å². The molecule has 11 heteroatoms. The number of hydrogen-bond acceptors (Lipinski definition) is 3. The maximum absolute atomic E-state index is 15.4. The van der Waals surface area contributed by atoms with Crippen molar-refractivity contribution >= 4 is 5.97 Å². The molecule has 0 radical (unpaired) electrons. The zero-order valence-electron chi connectivity index (χ0n) is 19.2. The molecule has 196 valence electrons. The molecule has 4 rings (SSSR count). The third-order valence-corrected chi connectivity index (χ3v) is 5.98. The molecule has 0 aromatic heterocycles. The third kappa shape index (κ3) is 5.05. The van der Waals surface area contributed by atoms with Crippen LogP contribution in [-0.4, -0.2) is 24.3 Å². The van der Waals surface area contributed by atoms with Gasteiger partial charge in [-0.3, -0.25) is 0 Å². The van der Waals surface area contributed by atoms with E-state index < -0.39 is 80.8 Å². The van der Waals surface area contributed by atoms with Gasteiger partial charge in [0.05, 0.1) is 18.8 Å². The van der Waals surface area contributed by atoms with Crippen molar-refractivity contribution in [1.82, 2.24) is 0 Å². The van der Waals surface area contributed by atoms with Crippen LogP contribution in [0, 0.1) is 46.6 Å². The summed E-state index contributed by atoms with van der Waals surface area (Å²) < 4.78 is 112. The van der Waals surface area contributed by atoms with Gasteiger partial charge in [0.2, 0.25) is 0 Å². The van der Waals surface area contributed by atoms with Crippen molar-refractivity contribution in [2.45, 2.75) is 26.1 Å². The van der Waals surface area contributed by atoms with E-state index in [1.165, 1.54) is 0 Å². The van der Waals surface area contributed by atoms with E-state index in [1.807, 2.05) is 6.92 Å². The first-order chi connectivity index (χ1) is 17.5. The van der Waals surface area contributed by atoms with Crippen LogP contribution in [0.5, 0.6) is 0 Å². The van der Waals surface area contributed by atoms with Gasteiger partial charge in [-0.05, 0) is 47.9 Å². The number of hydrogen-bond donors (Lipinski definition) is 1. The second-order valence-corrected chi connectivity index (χ2v) is 8.54. The van der Waals surface area contributed by atoms with Gasteiger partial charge in [-0.25, -0.2) is 35.5 Å². The minimum Gasteiger partial charge on any atom is -0.477 e. The summed E-state index contributed by atoms with van der Waals surface area (Å²) in [6.45, 7) is 2.26. The SMILES string of the molecule is CCCC1COC(c2cc(F)c(C(=O)O)c(F)c2-c2cc(F)c(-c3cc(F)c(F)c(F)c3)c(F)c2)OC1. The Balaban J connectivity index is 1.87. The van der Waals surface area contributed by atoms with E-state index in [0.29, 0.717) is 30.3 Å². The maximum atomic E-state index is 15.4. The molecule has 1 saturated heterocycles. The van der Waals surface area contributed by atoms with E-state index >= 15 is 13.2 Å². The van der Waals surface area contributed by atoms with E-state index in [4.69, 9.17) is 9.47 Å². The summed E-state index contributed by atoms with van der Waals surface area (Å²) in [5.74, 6) is -13.1. The molecule has 37 heavy (non-hydrogen) atoms. The Hall–Kier alpha value is -3.44. The lowest BCUT2D eigenvalue weighted by molar-refractivity contribution is -0.205. The summed E-state index contributed by atoms with van der Waals surface area (Å²) in [5.41, 5.74) is -4.59. The molecule has 0 atom stereocenters.